The van der Waals surface area contributed by atoms with Crippen LogP contribution < -0.4 is 27.5 Å². The van der Waals surface area contributed by atoms with E-state index in [4.69, 9.17) is 0 Å². The summed E-state index contributed by atoms with van der Waals surface area (Å²) in [5, 5.41) is 0. The summed E-state index contributed by atoms with van der Waals surface area (Å²) < 4.78 is 0. The molecule has 0 aromatic heterocycles. The average molecular weight is 231 g/mol. The van der Waals surface area contributed by atoms with E-state index in [1.54, 1.807) is 7.05 Å². The molecule has 1 atom stereocenters. The molecule has 0 unspecified atom stereocenters. The number of unbranched alkanes of at least 4 members (excludes halogenated alkanes) is 1. The minimum absolute atomic E-state index is 0.932. The van der Waals surface area contributed by atoms with Gasteiger partial charge in [0.15, 0.2) is 0 Å². The molecule has 5 N–H and O–H groups in total. The van der Waals surface area contributed by atoms with Crippen molar-refractivity contribution in [3.05, 3.63) is 0 Å². The Morgan fingerprint density at radius 2 is 1.75 bits per heavy atom. The lowest BCUT2D eigenvalue weighted by Gasteiger charge is -2.13. The first kappa shape index (κ1) is 15.8. The Hall–Kier alpha value is -0.200. The van der Waals surface area contributed by atoms with E-state index in [0.717, 1.165) is 12.5 Å². The van der Waals surface area contributed by atoms with E-state index >= 15 is 0 Å². The minimum atomic E-state index is 0.932. The van der Waals surface area contributed by atoms with Gasteiger partial charge in [-0.25, -0.2) is 10.9 Å². The number of hydrogen-bond acceptors (Lipinski definition) is 5. The van der Waals surface area contributed by atoms with Gasteiger partial charge < -0.3 is 0 Å². The maximum atomic E-state index is 3.08. The van der Waals surface area contributed by atoms with E-state index in [9.17, 15) is 0 Å². The maximum Gasteiger partial charge on any atom is 0.0113 e. The fourth-order valence-corrected chi connectivity index (χ4v) is 1.81. The molecule has 5 nitrogen and oxygen atoms in total. The zero-order valence-corrected chi connectivity index (χ0v) is 11.0. The monoisotopic (exact) mass is 231 g/mol. The van der Waals surface area contributed by atoms with Gasteiger partial charge in [0.05, 0.1) is 0 Å². The van der Waals surface area contributed by atoms with Crippen LogP contribution in [0.2, 0.25) is 0 Å². The van der Waals surface area contributed by atoms with E-state index < -0.39 is 0 Å². The molecule has 0 fully saturated rings. The Morgan fingerprint density at radius 3 is 2.38 bits per heavy atom. The number of hydrogen-bond donors (Lipinski definition) is 5. The number of rotatable bonds is 12. The fraction of sp³-hybridized carbons (Fsp3) is 1.00. The average Bonchev–Trinajstić information content (AvgIpc) is 2.31. The largest absolute Gasteiger partial charge is 0.246 e. The summed E-state index contributed by atoms with van der Waals surface area (Å²) in [7, 11) is 1.80. The molecule has 0 rings (SSSR count). The highest BCUT2D eigenvalue weighted by Crippen LogP contribution is 2.17. The van der Waals surface area contributed by atoms with Crippen molar-refractivity contribution >= 4 is 0 Å². The summed E-state index contributed by atoms with van der Waals surface area (Å²) >= 11 is 0. The van der Waals surface area contributed by atoms with E-state index in [0.29, 0.717) is 0 Å². The SMILES string of the molecule is CCC[C@@H](CC)CCCCNNNNNC. The quantitative estimate of drug-likeness (QED) is 0.258. The molecular weight excluding hydrogens is 202 g/mol. The second-order valence-corrected chi connectivity index (χ2v) is 4.11. The third-order valence-corrected chi connectivity index (χ3v) is 2.78. The van der Waals surface area contributed by atoms with Gasteiger partial charge in [-0.05, 0) is 19.4 Å². The third-order valence-electron chi connectivity index (χ3n) is 2.78. The molecule has 0 saturated heterocycles. The van der Waals surface area contributed by atoms with Crippen molar-refractivity contribution in [1.29, 1.82) is 0 Å². The lowest BCUT2D eigenvalue weighted by atomic mass is 9.95. The van der Waals surface area contributed by atoms with Gasteiger partial charge in [0.2, 0.25) is 0 Å². The standard InChI is InChI=1S/C11H29N5/c1-4-8-11(5-2)9-6-7-10-13-15-16-14-12-3/h11-16H,4-10H2,1-3H3/t11-/m1/s1. The van der Waals surface area contributed by atoms with Crippen LogP contribution in [0.25, 0.3) is 0 Å². The molecule has 0 radical (unpaired) electrons. The van der Waals surface area contributed by atoms with Crippen LogP contribution in [0.4, 0.5) is 0 Å². The highest BCUT2D eigenvalue weighted by atomic mass is 15.8. The molecule has 0 spiro atoms. The molecule has 0 aliphatic rings. The molecule has 0 aliphatic carbocycles. The summed E-state index contributed by atoms with van der Waals surface area (Å²) in [5.74, 6) is 0.932. The summed E-state index contributed by atoms with van der Waals surface area (Å²) in [6.45, 7) is 5.56. The molecule has 0 aromatic carbocycles. The molecule has 0 aliphatic heterocycles. The molecule has 16 heavy (non-hydrogen) atoms. The Kier molecular flexibility index (Phi) is 12.7. The van der Waals surface area contributed by atoms with E-state index in [1.807, 2.05) is 0 Å². The zero-order chi connectivity index (χ0) is 12.1. The van der Waals surface area contributed by atoms with Crippen LogP contribution in [0.5, 0.6) is 0 Å². The van der Waals surface area contributed by atoms with Crippen LogP contribution in [-0.2, 0) is 0 Å². The summed E-state index contributed by atoms with van der Waals surface area (Å²) in [5.41, 5.74) is 14.1. The van der Waals surface area contributed by atoms with Gasteiger partial charge in [-0.2, -0.15) is 16.6 Å². The number of nitrogens with one attached hydrogen (secondary N) is 5. The lowest BCUT2D eigenvalue weighted by molar-refractivity contribution is 0.333. The highest BCUT2D eigenvalue weighted by molar-refractivity contribution is 4.57. The molecule has 98 valence electrons. The first-order valence-electron chi connectivity index (χ1n) is 6.49. The molecular formula is C11H29N5. The van der Waals surface area contributed by atoms with Crippen LogP contribution in [-0.4, -0.2) is 13.6 Å². The van der Waals surface area contributed by atoms with Crippen molar-refractivity contribution in [3.8, 4) is 0 Å². The van der Waals surface area contributed by atoms with E-state index in [2.05, 4.69) is 41.3 Å². The van der Waals surface area contributed by atoms with Crippen molar-refractivity contribution in [2.45, 2.75) is 52.4 Å². The van der Waals surface area contributed by atoms with Gasteiger partial charge in [-0.1, -0.05) is 46.0 Å². The molecule has 0 aromatic rings. The Bertz CT molecular complexity index is 132. The topological polar surface area (TPSA) is 60.1 Å². The van der Waals surface area contributed by atoms with E-state index in [-0.39, 0.29) is 0 Å². The Balaban J connectivity index is 3.12. The number of hydrazine groups is 4. The second kappa shape index (κ2) is 12.9. The highest BCUT2D eigenvalue weighted by Gasteiger charge is 2.03. The van der Waals surface area contributed by atoms with Gasteiger partial charge in [0.1, 0.15) is 0 Å². The first-order valence-corrected chi connectivity index (χ1v) is 6.49. The van der Waals surface area contributed by atoms with Gasteiger partial charge >= 0.3 is 0 Å². The van der Waals surface area contributed by atoms with E-state index in [1.165, 1.54) is 38.5 Å². The molecule has 0 bridgehead atoms. The predicted octanol–water partition coefficient (Wildman–Crippen LogP) is 1.22. The molecule has 0 heterocycles. The second-order valence-electron chi connectivity index (χ2n) is 4.11. The van der Waals surface area contributed by atoms with Crippen LogP contribution in [0.3, 0.4) is 0 Å². The maximum absolute atomic E-state index is 3.08. The predicted molar refractivity (Wildman–Crippen MR) is 69.0 cm³/mol. The molecule has 0 amide bonds. The van der Waals surface area contributed by atoms with Crippen molar-refractivity contribution in [3.63, 3.8) is 0 Å². The summed E-state index contributed by atoms with van der Waals surface area (Å²) in [6.07, 6.45) is 7.93. The van der Waals surface area contributed by atoms with Crippen molar-refractivity contribution in [2.24, 2.45) is 5.92 Å². The van der Waals surface area contributed by atoms with Crippen LogP contribution in [0.15, 0.2) is 0 Å². The van der Waals surface area contributed by atoms with Crippen molar-refractivity contribution in [2.75, 3.05) is 13.6 Å². The summed E-state index contributed by atoms with van der Waals surface area (Å²) in [4.78, 5) is 0. The molecule has 5 heteroatoms. The van der Waals surface area contributed by atoms with Gasteiger partial charge in [-0.3, -0.25) is 0 Å². The minimum Gasteiger partial charge on any atom is -0.246 e. The van der Waals surface area contributed by atoms with Crippen LogP contribution >= 0.6 is 0 Å². The Labute approximate surface area is 100 Å². The smallest absolute Gasteiger partial charge is 0.0113 e. The van der Waals surface area contributed by atoms with Gasteiger partial charge in [0.25, 0.3) is 0 Å². The van der Waals surface area contributed by atoms with Crippen LogP contribution in [0.1, 0.15) is 52.4 Å². The normalized spacial score (nSPS) is 12.9. The lowest BCUT2D eigenvalue weighted by Crippen LogP contribution is -2.54. The van der Waals surface area contributed by atoms with Gasteiger partial charge in [-0.15, -0.1) is 0 Å². The summed E-state index contributed by atoms with van der Waals surface area (Å²) in [6, 6.07) is 0. The van der Waals surface area contributed by atoms with Crippen LogP contribution in [0, 0.1) is 5.92 Å². The fourth-order valence-electron chi connectivity index (χ4n) is 1.81. The van der Waals surface area contributed by atoms with Gasteiger partial charge in [0, 0.05) is 6.54 Å². The molecule has 0 saturated carbocycles. The Morgan fingerprint density at radius 1 is 0.938 bits per heavy atom. The van der Waals surface area contributed by atoms with Crippen molar-refractivity contribution in [1.82, 2.24) is 27.5 Å². The first-order chi connectivity index (χ1) is 7.85. The third kappa shape index (κ3) is 10.3. The van der Waals surface area contributed by atoms with Crippen molar-refractivity contribution < 1.29 is 0 Å². The zero-order valence-electron chi connectivity index (χ0n) is 11.0.